The van der Waals surface area contributed by atoms with E-state index in [9.17, 15) is 0 Å². The predicted octanol–water partition coefficient (Wildman–Crippen LogP) is 1.84. The molecule has 1 saturated heterocycles. The van der Waals surface area contributed by atoms with Crippen molar-refractivity contribution in [3.63, 3.8) is 0 Å². The number of benzene rings is 2. The van der Waals surface area contributed by atoms with Crippen molar-refractivity contribution in [3.05, 3.63) is 60.7 Å². The molecular weight excluding hydrogens is 288 g/mol. The molecule has 0 aromatic heterocycles. The van der Waals surface area contributed by atoms with Crippen molar-refractivity contribution in [1.29, 1.82) is 0 Å². The lowest BCUT2D eigenvalue weighted by Crippen LogP contribution is -2.69. The van der Waals surface area contributed by atoms with Crippen LogP contribution in [0.4, 0.5) is 0 Å². The Morgan fingerprint density at radius 1 is 0.955 bits per heavy atom. The zero-order chi connectivity index (χ0) is 14.8. The third kappa shape index (κ3) is 2.10. The number of rotatable bonds is 3. The largest absolute Gasteiger partial charge is 0.480 e. The van der Waals surface area contributed by atoms with Gasteiger partial charge >= 0.3 is 0 Å². The molecule has 4 rings (SSSR count). The summed E-state index contributed by atoms with van der Waals surface area (Å²) < 4.78 is 8.08. The zero-order valence-electron chi connectivity index (χ0n) is 12.6. The molecule has 4 heteroatoms. The van der Waals surface area contributed by atoms with E-state index in [4.69, 9.17) is 4.74 Å². The molecule has 2 aliphatic heterocycles. The second-order valence-electron chi connectivity index (χ2n) is 5.96. The summed E-state index contributed by atoms with van der Waals surface area (Å²) in [6.45, 7) is 1.80. The van der Waals surface area contributed by atoms with Crippen LogP contribution < -0.4 is 10.4 Å². The maximum absolute atomic E-state index is 5.42. The van der Waals surface area contributed by atoms with Crippen LogP contribution in [0.15, 0.2) is 65.7 Å². The summed E-state index contributed by atoms with van der Waals surface area (Å²) in [5.41, 5.74) is 0. The summed E-state index contributed by atoms with van der Waals surface area (Å²) in [6, 6.07) is 23.3. The van der Waals surface area contributed by atoms with E-state index in [2.05, 4.69) is 70.2 Å². The van der Waals surface area contributed by atoms with Gasteiger partial charge in [0.1, 0.15) is 12.8 Å². The molecule has 0 radical (unpaired) electrons. The summed E-state index contributed by atoms with van der Waals surface area (Å²) >= 11 is 0. The molecule has 112 valence electrons. The highest BCUT2D eigenvalue weighted by Gasteiger charge is 2.50. The van der Waals surface area contributed by atoms with Gasteiger partial charge < -0.3 is 4.74 Å². The molecule has 0 N–H and O–H groups in total. The van der Waals surface area contributed by atoms with Crippen molar-refractivity contribution >= 4 is 25.0 Å². The van der Waals surface area contributed by atoms with Gasteiger partial charge in [-0.15, -0.1) is 0 Å². The van der Waals surface area contributed by atoms with E-state index in [0.717, 1.165) is 6.54 Å². The molecule has 3 nitrogen and oxygen atoms in total. The lowest BCUT2D eigenvalue weighted by atomic mass is 10.4. The van der Waals surface area contributed by atoms with Crippen molar-refractivity contribution in [1.82, 2.24) is 4.57 Å². The smallest absolute Gasteiger partial charge is 0.194 e. The Labute approximate surface area is 132 Å². The predicted molar refractivity (Wildman–Crippen MR) is 92.3 cm³/mol. The van der Waals surface area contributed by atoms with E-state index in [-0.39, 0.29) is 6.17 Å². The molecule has 1 atom stereocenters. The fourth-order valence-electron chi connectivity index (χ4n) is 3.91. The highest BCUT2D eigenvalue weighted by Crippen LogP contribution is 2.29. The van der Waals surface area contributed by atoms with Gasteiger partial charge in [0.2, 0.25) is 0 Å². The average molecular weight is 308 g/mol. The van der Waals surface area contributed by atoms with Crippen LogP contribution in [0.25, 0.3) is 0 Å². The molecule has 0 saturated carbocycles. The standard InChI is InChI=1S/C18H20N2OSi/c1-3-8-16(9-4-1)22(17-10-5-2-6-11-17)13-7-12-20(22)18-14-21-15-19-18/h1-6,8-11,15,18H,7,12-14H2. The topological polar surface area (TPSA) is 24.8 Å². The third-order valence-electron chi connectivity index (χ3n) is 4.84. The fourth-order valence-corrected chi connectivity index (χ4v) is 9.12. The molecule has 2 aromatic rings. The minimum Gasteiger partial charge on any atom is -0.480 e. The molecule has 0 bridgehead atoms. The number of aliphatic imine (C=N–C) groups is 1. The Kier molecular flexibility index (Phi) is 3.56. The second kappa shape index (κ2) is 5.70. The summed E-state index contributed by atoms with van der Waals surface area (Å²) in [6.07, 6.45) is 3.04. The molecular formula is C18H20N2OSi. The summed E-state index contributed by atoms with van der Waals surface area (Å²) in [7, 11) is -1.94. The molecule has 0 spiro atoms. The third-order valence-corrected chi connectivity index (χ3v) is 10.00. The fraction of sp³-hybridized carbons (Fsp3) is 0.278. The van der Waals surface area contributed by atoms with Crippen LogP contribution in [-0.4, -0.2) is 38.5 Å². The highest BCUT2D eigenvalue weighted by atomic mass is 28.3. The molecule has 2 aromatic carbocycles. The van der Waals surface area contributed by atoms with E-state index in [1.807, 2.05) is 0 Å². The van der Waals surface area contributed by atoms with Crippen LogP contribution >= 0.6 is 0 Å². The van der Waals surface area contributed by atoms with Crippen LogP contribution in [-0.2, 0) is 4.74 Å². The SMILES string of the molecule is C1=NC(N2CCC[Si]2(c2ccccc2)c2ccccc2)CO1. The first kappa shape index (κ1) is 13.7. The van der Waals surface area contributed by atoms with Gasteiger partial charge in [-0.25, -0.2) is 4.99 Å². The van der Waals surface area contributed by atoms with Crippen molar-refractivity contribution in [2.24, 2.45) is 4.99 Å². The van der Waals surface area contributed by atoms with Gasteiger partial charge in [-0.1, -0.05) is 60.7 Å². The normalized spacial score (nSPS) is 23.5. The van der Waals surface area contributed by atoms with Gasteiger partial charge in [-0.05, 0) is 29.4 Å². The lowest BCUT2D eigenvalue weighted by Gasteiger charge is -2.39. The van der Waals surface area contributed by atoms with E-state index in [1.54, 1.807) is 6.40 Å². The van der Waals surface area contributed by atoms with Gasteiger partial charge in [0, 0.05) is 0 Å². The van der Waals surface area contributed by atoms with Crippen LogP contribution in [0.2, 0.25) is 6.04 Å². The first-order valence-electron chi connectivity index (χ1n) is 7.92. The Hall–Kier alpha value is -1.91. The van der Waals surface area contributed by atoms with Crippen LogP contribution in [0.3, 0.4) is 0 Å². The van der Waals surface area contributed by atoms with Crippen molar-refractivity contribution in [3.8, 4) is 0 Å². The molecule has 22 heavy (non-hydrogen) atoms. The number of hydrogen-bond donors (Lipinski definition) is 0. The van der Waals surface area contributed by atoms with Gasteiger partial charge in [-0.2, -0.15) is 0 Å². The minimum absolute atomic E-state index is 0.176. The Morgan fingerprint density at radius 3 is 2.14 bits per heavy atom. The lowest BCUT2D eigenvalue weighted by molar-refractivity contribution is 0.249. The summed E-state index contributed by atoms with van der Waals surface area (Å²) in [5, 5.41) is 2.97. The van der Waals surface area contributed by atoms with E-state index < -0.39 is 8.24 Å². The Bertz CT molecular complexity index is 620. The molecule has 0 amide bonds. The average Bonchev–Trinajstić information content (AvgIpc) is 3.26. The zero-order valence-corrected chi connectivity index (χ0v) is 13.6. The first-order valence-corrected chi connectivity index (χ1v) is 10.1. The van der Waals surface area contributed by atoms with Gasteiger partial charge in [0.25, 0.3) is 0 Å². The Morgan fingerprint density at radius 2 is 1.59 bits per heavy atom. The van der Waals surface area contributed by atoms with E-state index in [0.29, 0.717) is 6.61 Å². The second-order valence-corrected chi connectivity index (χ2v) is 9.91. The van der Waals surface area contributed by atoms with Gasteiger partial charge in [-0.3, -0.25) is 4.57 Å². The van der Waals surface area contributed by atoms with Crippen LogP contribution in [0.5, 0.6) is 0 Å². The quantitative estimate of drug-likeness (QED) is 0.808. The monoisotopic (exact) mass is 308 g/mol. The molecule has 2 aliphatic rings. The summed E-state index contributed by atoms with van der Waals surface area (Å²) in [5.74, 6) is 0. The van der Waals surface area contributed by atoms with E-state index in [1.165, 1.54) is 22.8 Å². The highest BCUT2D eigenvalue weighted by molar-refractivity contribution is 7.00. The maximum Gasteiger partial charge on any atom is 0.194 e. The summed E-state index contributed by atoms with van der Waals surface area (Å²) in [4.78, 5) is 4.58. The Balaban J connectivity index is 1.87. The molecule has 1 fully saturated rings. The number of hydrogen-bond acceptors (Lipinski definition) is 3. The van der Waals surface area contributed by atoms with Gasteiger partial charge in [0.05, 0.1) is 0 Å². The van der Waals surface area contributed by atoms with Crippen molar-refractivity contribution < 1.29 is 4.74 Å². The van der Waals surface area contributed by atoms with Crippen LogP contribution in [0.1, 0.15) is 6.42 Å². The van der Waals surface area contributed by atoms with E-state index >= 15 is 0 Å². The molecule has 2 heterocycles. The number of nitrogens with zero attached hydrogens (tertiary/aromatic N) is 2. The minimum atomic E-state index is -1.94. The van der Waals surface area contributed by atoms with Crippen molar-refractivity contribution in [2.75, 3.05) is 13.2 Å². The van der Waals surface area contributed by atoms with Crippen molar-refractivity contribution in [2.45, 2.75) is 18.6 Å². The number of ether oxygens (including phenoxy) is 1. The van der Waals surface area contributed by atoms with Crippen LogP contribution in [0, 0.1) is 0 Å². The first-order chi connectivity index (χ1) is 10.9. The van der Waals surface area contributed by atoms with Gasteiger partial charge in [0.15, 0.2) is 14.6 Å². The molecule has 0 aliphatic carbocycles. The maximum atomic E-state index is 5.42. The molecule has 1 unspecified atom stereocenters.